The second kappa shape index (κ2) is 6.72. The molecule has 144 valence electrons. The maximum Gasteiger partial charge on any atom is 0.311 e. The fourth-order valence-corrected chi connectivity index (χ4v) is 5.26. The summed E-state index contributed by atoms with van der Waals surface area (Å²) in [6.07, 6.45) is -0.854. The monoisotopic (exact) mass is 414 g/mol. The molecular weight excluding hydrogens is 396 g/mol. The Morgan fingerprint density at radius 1 is 1.11 bits per heavy atom. The molecule has 5 atom stereocenters. The highest BCUT2D eigenvalue weighted by Crippen LogP contribution is 2.46. The molecule has 0 spiro atoms. The number of nitrogens with zero attached hydrogens (tertiary/aromatic N) is 2. The fourth-order valence-electron chi connectivity index (χ4n) is 4.72. The number of fused-ring (bicyclic) bond motifs is 2. The average molecular weight is 415 g/mol. The third-order valence-corrected chi connectivity index (χ3v) is 6.62. The van der Waals surface area contributed by atoms with Gasteiger partial charge in [0.25, 0.3) is 0 Å². The van der Waals surface area contributed by atoms with Gasteiger partial charge in [-0.2, -0.15) is 0 Å². The van der Waals surface area contributed by atoms with Crippen molar-refractivity contribution in [2.45, 2.75) is 37.3 Å². The van der Waals surface area contributed by atoms with E-state index in [0.29, 0.717) is 23.1 Å². The predicted octanol–water partition coefficient (Wildman–Crippen LogP) is 2.99. The summed E-state index contributed by atoms with van der Waals surface area (Å²) < 4.78 is 5.59. The Balaban J connectivity index is 1.58. The van der Waals surface area contributed by atoms with E-state index in [-0.39, 0.29) is 18.1 Å². The number of hydrogen-bond acceptors (Lipinski definition) is 4. The zero-order chi connectivity index (χ0) is 19.4. The number of esters is 1. The van der Waals surface area contributed by atoms with Crippen LogP contribution >= 0.6 is 23.8 Å². The number of halogens is 1. The minimum atomic E-state index is -0.671. The van der Waals surface area contributed by atoms with Crippen LogP contribution in [-0.4, -0.2) is 45.4 Å². The van der Waals surface area contributed by atoms with E-state index >= 15 is 0 Å². The fraction of sp³-hybridized carbons (Fsp3) is 0.333. The van der Waals surface area contributed by atoms with Crippen LogP contribution in [0.25, 0.3) is 0 Å². The molecule has 6 rings (SSSR count). The Morgan fingerprint density at radius 2 is 1.82 bits per heavy atom. The van der Waals surface area contributed by atoms with E-state index in [4.69, 9.17) is 28.6 Å². The third-order valence-electron chi connectivity index (χ3n) is 5.94. The van der Waals surface area contributed by atoms with Crippen molar-refractivity contribution in [1.82, 2.24) is 4.90 Å². The first kappa shape index (κ1) is 17.9. The van der Waals surface area contributed by atoms with Crippen molar-refractivity contribution < 1.29 is 14.6 Å². The molecule has 0 radical (unpaired) electrons. The Hall–Kier alpha value is -2.15. The molecule has 3 saturated heterocycles. The topological polar surface area (TPSA) is 53.0 Å². The number of aliphatic hydroxyl groups excluding tert-OH is 1. The van der Waals surface area contributed by atoms with Crippen molar-refractivity contribution in [1.29, 1.82) is 0 Å². The van der Waals surface area contributed by atoms with Gasteiger partial charge in [0, 0.05) is 17.3 Å². The van der Waals surface area contributed by atoms with Gasteiger partial charge in [0.1, 0.15) is 6.10 Å². The molecule has 2 aromatic rings. The van der Waals surface area contributed by atoms with Crippen molar-refractivity contribution in [3.05, 3.63) is 65.2 Å². The van der Waals surface area contributed by atoms with E-state index in [9.17, 15) is 9.90 Å². The van der Waals surface area contributed by atoms with Crippen molar-refractivity contribution in [2.24, 2.45) is 5.92 Å². The smallest absolute Gasteiger partial charge is 0.311 e. The number of rotatable bonds is 3. The lowest BCUT2D eigenvalue weighted by Crippen LogP contribution is -2.66. The Labute approximate surface area is 173 Å². The van der Waals surface area contributed by atoms with E-state index in [1.165, 1.54) is 0 Å². The number of anilines is 1. The quantitative estimate of drug-likeness (QED) is 0.615. The van der Waals surface area contributed by atoms with Gasteiger partial charge in [0.2, 0.25) is 0 Å². The van der Waals surface area contributed by atoms with Crippen molar-refractivity contribution in [3.8, 4) is 0 Å². The highest BCUT2D eigenvalue weighted by atomic mass is 35.5. The summed E-state index contributed by atoms with van der Waals surface area (Å²) in [5.41, 5.74) is 2.01. The summed E-state index contributed by atoms with van der Waals surface area (Å²) in [6, 6.07) is 17.2. The van der Waals surface area contributed by atoms with Gasteiger partial charge in [-0.1, -0.05) is 41.9 Å². The Bertz CT molecular complexity index is 923. The summed E-state index contributed by atoms with van der Waals surface area (Å²) >= 11 is 11.9. The summed E-state index contributed by atoms with van der Waals surface area (Å²) in [5, 5.41) is 11.8. The second-order valence-corrected chi connectivity index (χ2v) is 8.34. The highest BCUT2D eigenvalue weighted by molar-refractivity contribution is 7.80. The number of thiocarbonyl (C=S) groups is 1. The number of hydrogen-bond donors (Lipinski definition) is 1. The summed E-state index contributed by atoms with van der Waals surface area (Å²) in [6.45, 7) is 0.596. The predicted molar refractivity (Wildman–Crippen MR) is 110 cm³/mol. The van der Waals surface area contributed by atoms with E-state index in [0.717, 1.165) is 11.3 Å². The molecular formula is C21H19ClN2O3S. The number of carbonyl (C=O) groups is 1. The van der Waals surface area contributed by atoms with Gasteiger partial charge in [0.05, 0.1) is 24.1 Å². The lowest BCUT2D eigenvalue weighted by Gasteiger charge is -2.49. The van der Waals surface area contributed by atoms with Gasteiger partial charge in [-0.25, -0.2) is 0 Å². The van der Waals surface area contributed by atoms with Crippen LogP contribution in [-0.2, 0) is 16.1 Å². The summed E-state index contributed by atoms with van der Waals surface area (Å²) in [4.78, 5) is 16.6. The minimum absolute atomic E-state index is 0.160. The van der Waals surface area contributed by atoms with Crippen LogP contribution in [0.5, 0.6) is 0 Å². The van der Waals surface area contributed by atoms with Gasteiger partial charge in [0.15, 0.2) is 5.11 Å². The lowest BCUT2D eigenvalue weighted by molar-refractivity contribution is -0.194. The van der Waals surface area contributed by atoms with E-state index < -0.39 is 18.1 Å². The third kappa shape index (κ3) is 2.70. The first-order chi connectivity index (χ1) is 13.5. The van der Waals surface area contributed by atoms with Crippen LogP contribution in [0.3, 0.4) is 0 Å². The molecule has 3 aliphatic heterocycles. The number of carbonyl (C=O) groups excluding carboxylic acids is 1. The van der Waals surface area contributed by atoms with Crippen LogP contribution < -0.4 is 4.90 Å². The van der Waals surface area contributed by atoms with Gasteiger partial charge in [-0.15, -0.1) is 0 Å². The first-order valence-electron chi connectivity index (χ1n) is 9.32. The van der Waals surface area contributed by atoms with Crippen LogP contribution in [0.2, 0.25) is 5.02 Å². The maximum atomic E-state index is 12.5. The Kier molecular flexibility index (Phi) is 4.30. The van der Waals surface area contributed by atoms with Gasteiger partial charge in [-0.3, -0.25) is 4.79 Å². The largest absolute Gasteiger partial charge is 0.457 e. The van der Waals surface area contributed by atoms with Gasteiger partial charge >= 0.3 is 5.97 Å². The molecule has 4 fully saturated rings. The molecule has 5 nitrogen and oxygen atoms in total. The van der Waals surface area contributed by atoms with Crippen LogP contribution in [0.15, 0.2) is 54.6 Å². The van der Waals surface area contributed by atoms with Crippen LogP contribution in [0.4, 0.5) is 5.69 Å². The number of ether oxygens (including phenoxy) is 1. The van der Waals surface area contributed by atoms with Crippen molar-refractivity contribution in [3.63, 3.8) is 0 Å². The lowest BCUT2D eigenvalue weighted by atomic mass is 9.74. The van der Waals surface area contributed by atoms with E-state index in [1.807, 2.05) is 59.5 Å². The average Bonchev–Trinajstić information content (AvgIpc) is 2.98. The molecule has 1 saturated carbocycles. The molecule has 0 unspecified atom stereocenters. The highest BCUT2D eigenvalue weighted by Gasteiger charge is 2.62. The van der Waals surface area contributed by atoms with Gasteiger partial charge in [-0.05, 0) is 48.5 Å². The normalized spacial score (nSPS) is 31.1. The molecule has 1 aliphatic carbocycles. The van der Waals surface area contributed by atoms with Crippen LogP contribution in [0.1, 0.15) is 12.0 Å². The Morgan fingerprint density at radius 3 is 2.54 bits per heavy atom. The molecule has 2 aromatic carbocycles. The molecule has 2 bridgehead atoms. The van der Waals surface area contributed by atoms with E-state index in [2.05, 4.69) is 4.90 Å². The molecule has 0 amide bonds. The SMILES string of the molecule is O=C1O[C@@H]2[C@H]3[C@@H]([C@@H]1C[C@H]2O)N(c1ccc(Cl)cc1)C(=S)N3Cc1ccccc1. The molecule has 4 aliphatic rings. The van der Waals surface area contributed by atoms with Gasteiger partial charge < -0.3 is 19.6 Å². The zero-order valence-corrected chi connectivity index (χ0v) is 16.5. The minimum Gasteiger partial charge on any atom is -0.457 e. The maximum absolute atomic E-state index is 12.5. The molecule has 3 heterocycles. The van der Waals surface area contributed by atoms with Crippen LogP contribution in [0, 0.1) is 5.92 Å². The molecule has 7 heteroatoms. The zero-order valence-electron chi connectivity index (χ0n) is 14.9. The van der Waals surface area contributed by atoms with E-state index in [1.54, 1.807) is 0 Å². The first-order valence-corrected chi connectivity index (χ1v) is 10.1. The standard InChI is InChI=1S/C21H19ClN2O3S/c22-13-6-8-14(9-7-13)24-17-15-10-16(25)19(27-20(15)26)18(17)23(21(24)28)11-12-4-2-1-3-5-12/h1-9,15-19,25H,10-11H2/t15-,16+,17+,18+,19-/m0/s1. The summed E-state index contributed by atoms with van der Waals surface area (Å²) in [5.74, 6) is -0.667. The molecule has 28 heavy (non-hydrogen) atoms. The summed E-state index contributed by atoms with van der Waals surface area (Å²) in [7, 11) is 0. The molecule has 1 N–H and O–H groups in total. The van der Waals surface area contributed by atoms with Crippen molar-refractivity contribution >= 4 is 40.6 Å². The number of aliphatic hydroxyl groups is 1. The van der Waals surface area contributed by atoms with Crippen molar-refractivity contribution in [2.75, 3.05) is 4.90 Å². The second-order valence-electron chi connectivity index (χ2n) is 7.53. The molecule has 0 aromatic heterocycles. The number of benzene rings is 2.